The van der Waals surface area contributed by atoms with E-state index in [1.54, 1.807) is 25.4 Å². The summed E-state index contributed by atoms with van der Waals surface area (Å²) in [5.74, 6) is -0.241. The number of carbonyl (C=O) groups excluding carboxylic acids is 2. The Balaban J connectivity index is 1.57. The van der Waals surface area contributed by atoms with Crippen LogP contribution in [-0.2, 0) is 9.53 Å². The van der Waals surface area contributed by atoms with Gasteiger partial charge < -0.3 is 14.8 Å². The van der Waals surface area contributed by atoms with Crippen LogP contribution in [0.4, 0.5) is 0 Å². The van der Waals surface area contributed by atoms with Crippen LogP contribution in [0.25, 0.3) is 10.8 Å². The predicted molar refractivity (Wildman–Crippen MR) is 106 cm³/mol. The smallest absolute Gasteiger partial charge is 0.313 e. The second-order valence-electron chi connectivity index (χ2n) is 6.32. The van der Waals surface area contributed by atoms with Crippen molar-refractivity contribution < 1.29 is 19.1 Å². The average Bonchev–Trinajstić information content (AvgIpc) is 2.75. The number of hydrogen-bond acceptors (Lipinski definition) is 5. The van der Waals surface area contributed by atoms with Crippen LogP contribution in [0.2, 0.25) is 0 Å². The zero-order valence-electron chi connectivity index (χ0n) is 15.8. The number of ether oxygens (including phenoxy) is 2. The Bertz CT molecular complexity index is 973. The lowest BCUT2D eigenvalue weighted by molar-refractivity contribution is -0.144. The summed E-state index contributed by atoms with van der Waals surface area (Å²) in [4.78, 5) is 28.3. The Hall–Kier alpha value is -3.41. The SMILES string of the molecule is COc1ccc2c(C(C)C(=O)OCCNC(=O)c3cccnc3)cccc2c1. The van der Waals surface area contributed by atoms with Gasteiger partial charge in [-0.15, -0.1) is 0 Å². The molecule has 1 heterocycles. The topological polar surface area (TPSA) is 77.5 Å². The number of hydrogen-bond donors (Lipinski definition) is 1. The largest absolute Gasteiger partial charge is 0.497 e. The molecule has 28 heavy (non-hydrogen) atoms. The van der Waals surface area contributed by atoms with E-state index in [0.29, 0.717) is 5.56 Å². The van der Waals surface area contributed by atoms with Gasteiger partial charge in [-0.2, -0.15) is 0 Å². The molecule has 0 aliphatic rings. The number of nitrogens with one attached hydrogen (secondary N) is 1. The number of nitrogens with zero attached hydrogens (tertiary/aromatic N) is 1. The third-order valence-electron chi connectivity index (χ3n) is 4.50. The molecule has 3 aromatic rings. The zero-order valence-corrected chi connectivity index (χ0v) is 15.8. The summed E-state index contributed by atoms with van der Waals surface area (Å²) in [7, 11) is 1.62. The summed E-state index contributed by atoms with van der Waals surface area (Å²) in [6.45, 7) is 2.16. The number of rotatable bonds is 7. The fourth-order valence-corrected chi connectivity index (χ4v) is 2.96. The summed E-state index contributed by atoms with van der Waals surface area (Å²) in [6, 6.07) is 14.9. The van der Waals surface area contributed by atoms with E-state index in [1.165, 1.54) is 6.20 Å². The van der Waals surface area contributed by atoms with Crippen LogP contribution in [0, 0.1) is 0 Å². The molecule has 1 atom stereocenters. The number of pyridine rings is 1. The first-order chi connectivity index (χ1) is 13.6. The van der Waals surface area contributed by atoms with Crippen LogP contribution < -0.4 is 10.1 Å². The summed E-state index contributed by atoms with van der Waals surface area (Å²) >= 11 is 0. The van der Waals surface area contributed by atoms with Crippen LogP contribution in [-0.4, -0.2) is 37.1 Å². The molecule has 1 aromatic heterocycles. The number of benzene rings is 2. The molecule has 2 aromatic carbocycles. The molecule has 6 heteroatoms. The van der Waals surface area contributed by atoms with Gasteiger partial charge in [-0.3, -0.25) is 14.6 Å². The van der Waals surface area contributed by atoms with E-state index >= 15 is 0 Å². The van der Waals surface area contributed by atoms with E-state index in [9.17, 15) is 9.59 Å². The van der Waals surface area contributed by atoms with Gasteiger partial charge >= 0.3 is 5.97 Å². The second-order valence-corrected chi connectivity index (χ2v) is 6.32. The van der Waals surface area contributed by atoms with E-state index in [2.05, 4.69) is 10.3 Å². The maximum Gasteiger partial charge on any atom is 0.313 e. The molecule has 3 rings (SSSR count). The maximum absolute atomic E-state index is 12.5. The highest BCUT2D eigenvalue weighted by Gasteiger charge is 2.19. The van der Waals surface area contributed by atoms with Crippen molar-refractivity contribution in [2.45, 2.75) is 12.8 Å². The lowest BCUT2D eigenvalue weighted by atomic mass is 9.95. The first-order valence-corrected chi connectivity index (χ1v) is 9.01. The fourth-order valence-electron chi connectivity index (χ4n) is 2.96. The maximum atomic E-state index is 12.5. The van der Waals surface area contributed by atoms with Gasteiger partial charge in [0.2, 0.25) is 0 Å². The van der Waals surface area contributed by atoms with Gasteiger partial charge in [0.15, 0.2) is 0 Å². The molecule has 0 aliphatic heterocycles. The Morgan fingerprint density at radius 3 is 2.75 bits per heavy atom. The van der Waals surface area contributed by atoms with Crippen molar-refractivity contribution in [2.24, 2.45) is 0 Å². The highest BCUT2D eigenvalue weighted by atomic mass is 16.5. The molecule has 0 fully saturated rings. The highest BCUT2D eigenvalue weighted by molar-refractivity contribution is 5.94. The van der Waals surface area contributed by atoms with Crippen LogP contribution in [0.15, 0.2) is 60.9 Å². The number of amides is 1. The second kappa shape index (κ2) is 8.99. The van der Waals surface area contributed by atoms with Gasteiger partial charge in [0.25, 0.3) is 5.91 Å². The number of fused-ring (bicyclic) bond motifs is 1. The Morgan fingerprint density at radius 2 is 2.00 bits per heavy atom. The Labute approximate surface area is 163 Å². The van der Waals surface area contributed by atoms with Gasteiger partial charge in [0.1, 0.15) is 12.4 Å². The Kier molecular flexibility index (Phi) is 6.22. The van der Waals surface area contributed by atoms with Crippen molar-refractivity contribution in [1.82, 2.24) is 10.3 Å². The van der Waals surface area contributed by atoms with Crippen molar-refractivity contribution in [1.29, 1.82) is 0 Å². The minimum Gasteiger partial charge on any atom is -0.497 e. The lowest BCUT2D eigenvalue weighted by Crippen LogP contribution is -2.28. The summed E-state index contributed by atoms with van der Waals surface area (Å²) in [5, 5.41) is 4.69. The molecule has 1 unspecified atom stereocenters. The first kappa shape index (κ1) is 19.4. The molecule has 144 valence electrons. The van der Waals surface area contributed by atoms with E-state index in [-0.39, 0.29) is 25.0 Å². The molecule has 0 saturated heterocycles. The zero-order chi connectivity index (χ0) is 19.9. The Morgan fingerprint density at radius 1 is 1.14 bits per heavy atom. The molecule has 0 saturated carbocycles. The van der Waals surface area contributed by atoms with Crippen molar-refractivity contribution in [3.05, 3.63) is 72.1 Å². The third kappa shape index (κ3) is 4.46. The lowest BCUT2D eigenvalue weighted by Gasteiger charge is -2.15. The number of methoxy groups -OCH3 is 1. The van der Waals surface area contributed by atoms with Crippen molar-refractivity contribution in [3.63, 3.8) is 0 Å². The summed E-state index contributed by atoms with van der Waals surface area (Å²) in [6.07, 6.45) is 3.09. The minimum atomic E-state index is -0.425. The van der Waals surface area contributed by atoms with E-state index < -0.39 is 5.92 Å². The van der Waals surface area contributed by atoms with Crippen LogP contribution in [0.1, 0.15) is 28.8 Å². The van der Waals surface area contributed by atoms with E-state index in [0.717, 1.165) is 22.1 Å². The van der Waals surface area contributed by atoms with Crippen LogP contribution in [0.5, 0.6) is 5.75 Å². The molecule has 0 bridgehead atoms. The number of carbonyl (C=O) groups is 2. The molecular weight excluding hydrogens is 356 g/mol. The molecule has 0 spiro atoms. The van der Waals surface area contributed by atoms with Gasteiger partial charge in [-0.25, -0.2) is 0 Å². The fraction of sp³-hybridized carbons (Fsp3) is 0.227. The summed E-state index contributed by atoms with van der Waals surface area (Å²) in [5.41, 5.74) is 1.36. The standard InChI is InChI=1S/C22H22N2O4/c1-15(19-7-3-5-16-13-18(27-2)8-9-20(16)19)22(26)28-12-11-24-21(25)17-6-4-10-23-14-17/h3-10,13-15H,11-12H2,1-2H3,(H,24,25). The molecule has 6 nitrogen and oxygen atoms in total. The first-order valence-electron chi connectivity index (χ1n) is 9.01. The normalized spacial score (nSPS) is 11.6. The number of aromatic nitrogens is 1. The average molecular weight is 378 g/mol. The molecule has 1 N–H and O–H groups in total. The molecular formula is C22H22N2O4. The quantitative estimate of drug-likeness (QED) is 0.504. The van der Waals surface area contributed by atoms with Crippen molar-refractivity contribution >= 4 is 22.6 Å². The van der Waals surface area contributed by atoms with Gasteiger partial charge in [0.05, 0.1) is 25.1 Å². The van der Waals surface area contributed by atoms with Crippen LogP contribution >= 0.6 is 0 Å². The van der Waals surface area contributed by atoms with Gasteiger partial charge in [0, 0.05) is 12.4 Å². The van der Waals surface area contributed by atoms with E-state index in [4.69, 9.17) is 9.47 Å². The highest BCUT2D eigenvalue weighted by Crippen LogP contribution is 2.29. The molecule has 0 aliphatic carbocycles. The minimum absolute atomic E-state index is 0.105. The number of esters is 1. The van der Waals surface area contributed by atoms with Gasteiger partial charge in [-0.1, -0.05) is 24.3 Å². The van der Waals surface area contributed by atoms with Gasteiger partial charge in [-0.05, 0) is 47.5 Å². The molecule has 1 amide bonds. The predicted octanol–water partition coefficient (Wildman–Crippen LogP) is 3.32. The summed E-state index contributed by atoms with van der Waals surface area (Å²) < 4.78 is 10.6. The van der Waals surface area contributed by atoms with E-state index in [1.807, 2.05) is 43.3 Å². The van der Waals surface area contributed by atoms with Crippen molar-refractivity contribution in [2.75, 3.05) is 20.3 Å². The third-order valence-corrected chi connectivity index (χ3v) is 4.50. The monoisotopic (exact) mass is 378 g/mol. The van der Waals surface area contributed by atoms with Crippen LogP contribution in [0.3, 0.4) is 0 Å². The van der Waals surface area contributed by atoms with Crippen molar-refractivity contribution in [3.8, 4) is 5.75 Å². The molecule has 0 radical (unpaired) electrons.